The van der Waals surface area contributed by atoms with Crippen molar-refractivity contribution >= 4 is 22.6 Å². The predicted molar refractivity (Wildman–Crippen MR) is 118 cm³/mol. The first-order chi connectivity index (χ1) is 13.6. The number of hydrogen-bond acceptors (Lipinski definition) is 3. The summed E-state index contributed by atoms with van der Waals surface area (Å²) in [6.07, 6.45) is 0. The number of anilines is 1. The zero-order chi connectivity index (χ0) is 21.4. The van der Waals surface area contributed by atoms with Gasteiger partial charge in [-0.15, -0.1) is 0 Å². The van der Waals surface area contributed by atoms with E-state index in [1.54, 1.807) is 12.0 Å². The molecule has 1 aliphatic heterocycles. The number of ether oxygens (including phenoxy) is 1. The summed E-state index contributed by atoms with van der Waals surface area (Å²) in [5.41, 5.74) is 1.72. The molecule has 0 aromatic heterocycles. The van der Waals surface area contributed by atoms with Crippen molar-refractivity contribution in [1.29, 1.82) is 0 Å². The molecule has 1 heterocycles. The standard InChI is InChI=1S/C23H30N2O3S/c1-16(2)23(24-29(27)22(3,4)5)19-9-7-8-10-20(19)25(21(23)26)15-17-11-13-18(28-6)14-12-17/h7-14,16,24H,15H2,1-6H3/t23-,29-/m1/s1. The van der Waals surface area contributed by atoms with E-state index in [1.165, 1.54) is 0 Å². The molecule has 2 aromatic carbocycles. The van der Waals surface area contributed by atoms with Crippen LogP contribution in [0.25, 0.3) is 0 Å². The largest absolute Gasteiger partial charge is 0.497 e. The number of amides is 1. The van der Waals surface area contributed by atoms with Gasteiger partial charge in [-0.1, -0.05) is 44.2 Å². The van der Waals surface area contributed by atoms with Gasteiger partial charge in [-0.25, -0.2) is 8.93 Å². The number of para-hydroxylation sites is 1. The van der Waals surface area contributed by atoms with E-state index >= 15 is 0 Å². The average Bonchev–Trinajstić information content (AvgIpc) is 2.91. The third-order valence-corrected chi connectivity index (χ3v) is 7.00. The molecule has 29 heavy (non-hydrogen) atoms. The van der Waals surface area contributed by atoms with Crippen LogP contribution in [0.4, 0.5) is 5.69 Å². The van der Waals surface area contributed by atoms with E-state index < -0.39 is 21.3 Å². The number of benzene rings is 2. The Bertz CT molecular complexity index is 918. The number of fused-ring (bicyclic) bond motifs is 1. The summed E-state index contributed by atoms with van der Waals surface area (Å²) >= 11 is 0. The minimum atomic E-state index is -1.39. The van der Waals surface area contributed by atoms with Gasteiger partial charge in [-0.3, -0.25) is 4.79 Å². The molecule has 0 saturated heterocycles. The zero-order valence-electron chi connectivity index (χ0n) is 18.0. The molecular formula is C23H30N2O3S. The molecule has 0 aliphatic carbocycles. The Hall–Kier alpha value is -2.18. The maximum absolute atomic E-state index is 13.8. The number of hydrogen-bond donors (Lipinski definition) is 1. The number of carbonyl (C=O) groups is 1. The van der Waals surface area contributed by atoms with Crippen LogP contribution in [0.1, 0.15) is 45.7 Å². The van der Waals surface area contributed by atoms with Crippen molar-refractivity contribution in [3.8, 4) is 5.75 Å². The smallest absolute Gasteiger partial charge is 0.253 e. The van der Waals surface area contributed by atoms with Crippen LogP contribution in [0.5, 0.6) is 5.75 Å². The molecule has 0 spiro atoms. The van der Waals surface area contributed by atoms with E-state index in [2.05, 4.69) is 4.72 Å². The van der Waals surface area contributed by atoms with E-state index in [4.69, 9.17) is 4.74 Å². The summed E-state index contributed by atoms with van der Waals surface area (Å²) in [4.78, 5) is 15.6. The quantitative estimate of drug-likeness (QED) is 0.773. The summed E-state index contributed by atoms with van der Waals surface area (Å²) in [7, 11) is 0.237. The van der Waals surface area contributed by atoms with Gasteiger partial charge in [-0.05, 0) is 50.5 Å². The Morgan fingerprint density at radius 3 is 2.28 bits per heavy atom. The van der Waals surface area contributed by atoms with Crippen molar-refractivity contribution in [2.75, 3.05) is 12.0 Å². The van der Waals surface area contributed by atoms with Gasteiger partial charge in [-0.2, -0.15) is 0 Å². The summed E-state index contributed by atoms with van der Waals surface area (Å²) < 4.78 is 21.0. The molecule has 0 saturated carbocycles. The molecule has 1 amide bonds. The molecule has 0 radical (unpaired) electrons. The number of methoxy groups -OCH3 is 1. The fourth-order valence-electron chi connectivity index (χ4n) is 3.62. The van der Waals surface area contributed by atoms with E-state index in [0.717, 1.165) is 22.6 Å². The molecule has 6 heteroatoms. The first-order valence-electron chi connectivity index (χ1n) is 9.85. The van der Waals surface area contributed by atoms with Crippen molar-refractivity contribution < 1.29 is 13.7 Å². The monoisotopic (exact) mass is 414 g/mol. The Balaban J connectivity index is 2.05. The van der Waals surface area contributed by atoms with Crippen LogP contribution in [0.2, 0.25) is 0 Å². The zero-order valence-corrected chi connectivity index (χ0v) is 18.8. The van der Waals surface area contributed by atoms with Gasteiger partial charge in [0.05, 0.1) is 29.4 Å². The van der Waals surface area contributed by atoms with Crippen LogP contribution < -0.4 is 14.4 Å². The molecule has 1 N–H and O–H groups in total. The number of nitrogens with one attached hydrogen (secondary N) is 1. The molecule has 2 atom stereocenters. The van der Waals surface area contributed by atoms with Gasteiger partial charge in [0.1, 0.15) is 11.3 Å². The maximum Gasteiger partial charge on any atom is 0.253 e. The maximum atomic E-state index is 13.8. The number of nitrogens with zero attached hydrogens (tertiary/aromatic N) is 1. The number of rotatable bonds is 6. The normalized spacial score (nSPS) is 20.1. The van der Waals surface area contributed by atoms with Crippen molar-refractivity contribution in [1.82, 2.24) is 4.72 Å². The molecule has 0 unspecified atom stereocenters. The van der Waals surface area contributed by atoms with Crippen LogP contribution >= 0.6 is 0 Å². The highest BCUT2D eigenvalue weighted by molar-refractivity contribution is 7.84. The highest BCUT2D eigenvalue weighted by Crippen LogP contribution is 2.45. The lowest BCUT2D eigenvalue weighted by Crippen LogP contribution is -2.57. The fraction of sp³-hybridized carbons (Fsp3) is 0.435. The van der Waals surface area contributed by atoms with Gasteiger partial charge in [0.2, 0.25) is 0 Å². The molecule has 0 fully saturated rings. The van der Waals surface area contributed by atoms with E-state index in [0.29, 0.717) is 6.54 Å². The third-order valence-electron chi connectivity index (χ3n) is 5.38. The number of carbonyl (C=O) groups excluding carboxylic acids is 1. The van der Waals surface area contributed by atoms with E-state index in [1.807, 2.05) is 83.1 Å². The molecular weight excluding hydrogens is 384 g/mol. The first kappa shape index (κ1) is 21.5. The van der Waals surface area contributed by atoms with Gasteiger partial charge in [0.25, 0.3) is 5.91 Å². The minimum absolute atomic E-state index is 0.0675. The Morgan fingerprint density at radius 1 is 1.10 bits per heavy atom. The van der Waals surface area contributed by atoms with Gasteiger partial charge in [0, 0.05) is 11.3 Å². The van der Waals surface area contributed by atoms with Crippen LogP contribution in [0.15, 0.2) is 48.5 Å². The molecule has 5 nitrogen and oxygen atoms in total. The van der Waals surface area contributed by atoms with Crippen molar-refractivity contribution in [3.05, 3.63) is 59.7 Å². The third kappa shape index (κ3) is 3.83. The summed E-state index contributed by atoms with van der Waals surface area (Å²) in [6, 6.07) is 15.5. The fourth-order valence-corrected chi connectivity index (χ4v) is 4.66. The highest BCUT2D eigenvalue weighted by atomic mass is 32.2. The summed E-state index contributed by atoms with van der Waals surface area (Å²) in [5, 5.41) is 0. The summed E-state index contributed by atoms with van der Waals surface area (Å²) in [5.74, 6) is 0.631. The van der Waals surface area contributed by atoms with Gasteiger partial charge < -0.3 is 9.64 Å². The molecule has 1 aliphatic rings. The van der Waals surface area contributed by atoms with E-state index in [9.17, 15) is 9.00 Å². The second-order valence-corrected chi connectivity index (χ2v) is 10.7. The Labute approximate surface area is 176 Å². The molecule has 2 aromatic rings. The van der Waals surface area contributed by atoms with Gasteiger partial charge in [0.15, 0.2) is 0 Å². The van der Waals surface area contributed by atoms with Crippen molar-refractivity contribution in [3.63, 3.8) is 0 Å². The minimum Gasteiger partial charge on any atom is -0.497 e. The lowest BCUT2D eigenvalue weighted by atomic mass is 9.82. The van der Waals surface area contributed by atoms with Crippen LogP contribution in [-0.2, 0) is 27.9 Å². The predicted octanol–water partition coefficient (Wildman–Crippen LogP) is 4.15. The van der Waals surface area contributed by atoms with Crippen LogP contribution in [-0.4, -0.2) is 22.0 Å². The topological polar surface area (TPSA) is 58.6 Å². The van der Waals surface area contributed by atoms with Crippen LogP contribution in [0, 0.1) is 5.92 Å². The molecule has 156 valence electrons. The van der Waals surface area contributed by atoms with Gasteiger partial charge >= 0.3 is 0 Å². The lowest BCUT2D eigenvalue weighted by Gasteiger charge is -2.35. The molecule has 3 rings (SSSR count). The second-order valence-electron chi connectivity index (χ2n) is 8.70. The Kier molecular flexibility index (Phi) is 5.88. The second kappa shape index (κ2) is 7.92. The van der Waals surface area contributed by atoms with Crippen molar-refractivity contribution in [2.45, 2.75) is 51.4 Å². The molecule has 0 bridgehead atoms. The van der Waals surface area contributed by atoms with E-state index in [-0.39, 0.29) is 11.8 Å². The average molecular weight is 415 g/mol. The SMILES string of the molecule is COc1ccc(CN2C(=O)[C@@](N[S@](=O)C(C)(C)C)(C(C)C)c3ccccc32)cc1. The summed E-state index contributed by atoms with van der Waals surface area (Å²) in [6.45, 7) is 10.2. The van der Waals surface area contributed by atoms with Crippen molar-refractivity contribution in [2.24, 2.45) is 5.92 Å². The highest BCUT2D eigenvalue weighted by Gasteiger charge is 2.54. The van der Waals surface area contributed by atoms with Crippen LogP contribution in [0.3, 0.4) is 0 Å². The Morgan fingerprint density at radius 2 is 1.72 bits per heavy atom. The first-order valence-corrected chi connectivity index (χ1v) is 11.0. The lowest BCUT2D eigenvalue weighted by molar-refractivity contribution is -0.125.